The number of hydrogen-bond acceptors (Lipinski definition) is 3. The Kier molecular flexibility index (Phi) is 3.38. The van der Waals surface area contributed by atoms with Crippen molar-refractivity contribution in [3.8, 4) is 0 Å². The molecule has 1 N–H and O–H groups in total. The normalized spacial score (nSPS) is 20.9. The highest BCUT2D eigenvalue weighted by atomic mass is 16.3. The standard InChI is InChI=1S/C14H22N2O/c1-14(2,3)12-6-8-16(9-12)13-11(10-17)5-4-7-15-13/h4-5,7,12,17H,6,8-10H2,1-3H3. The van der Waals surface area contributed by atoms with E-state index in [4.69, 9.17) is 0 Å². The van der Waals surface area contributed by atoms with Gasteiger partial charge in [-0.1, -0.05) is 26.8 Å². The molecule has 1 unspecified atom stereocenters. The smallest absolute Gasteiger partial charge is 0.134 e. The van der Waals surface area contributed by atoms with E-state index in [1.807, 2.05) is 12.1 Å². The third-order valence-electron chi connectivity index (χ3n) is 3.75. The lowest BCUT2D eigenvalue weighted by Gasteiger charge is -2.27. The van der Waals surface area contributed by atoms with Crippen LogP contribution in [0, 0.1) is 11.3 Å². The topological polar surface area (TPSA) is 36.4 Å². The fourth-order valence-electron chi connectivity index (χ4n) is 2.50. The SMILES string of the molecule is CC(C)(C)C1CCN(c2ncccc2CO)C1. The second-order valence-electron chi connectivity index (χ2n) is 5.94. The Hall–Kier alpha value is -1.09. The average molecular weight is 234 g/mol. The maximum atomic E-state index is 9.34. The summed E-state index contributed by atoms with van der Waals surface area (Å²) in [6.45, 7) is 9.06. The van der Waals surface area contributed by atoms with E-state index in [1.54, 1.807) is 6.20 Å². The Morgan fingerprint density at radius 2 is 2.24 bits per heavy atom. The molecule has 3 heteroatoms. The van der Waals surface area contributed by atoms with Gasteiger partial charge in [-0.15, -0.1) is 0 Å². The molecule has 1 atom stereocenters. The summed E-state index contributed by atoms with van der Waals surface area (Å²) in [6.07, 6.45) is 3.02. The van der Waals surface area contributed by atoms with Crippen molar-refractivity contribution in [3.63, 3.8) is 0 Å². The van der Waals surface area contributed by atoms with Crippen molar-refractivity contribution < 1.29 is 5.11 Å². The van der Waals surface area contributed by atoms with Crippen LogP contribution in [0.15, 0.2) is 18.3 Å². The van der Waals surface area contributed by atoms with Gasteiger partial charge in [-0.05, 0) is 23.8 Å². The molecular weight excluding hydrogens is 212 g/mol. The number of nitrogens with zero attached hydrogens (tertiary/aromatic N) is 2. The molecule has 1 aromatic heterocycles. The van der Waals surface area contributed by atoms with Crippen molar-refractivity contribution in [2.75, 3.05) is 18.0 Å². The van der Waals surface area contributed by atoms with Crippen molar-refractivity contribution in [1.82, 2.24) is 4.98 Å². The summed E-state index contributed by atoms with van der Waals surface area (Å²) in [7, 11) is 0. The van der Waals surface area contributed by atoms with E-state index < -0.39 is 0 Å². The third kappa shape index (κ3) is 2.60. The van der Waals surface area contributed by atoms with Crippen LogP contribution in [-0.4, -0.2) is 23.2 Å². The molecule has 0 aromatic carbocycles. The van der Waals surface area contributed by atoms with Gasteiger partial charge >= 0.3 is 0 Å². The Morgan fingerprint density at radius 1 is 1.47 bits per heavy atom. The summed E-state index contributed by atoms with van der Waals surface area (Å²) in [5, 5.41) is 9.34. The molecule has 0 radical (unpaired) electrons. The van der Waals surface area contributed by atoms with E-state index in [-0.39, 0.29) is 6.61 Å². The van der Waals surface area contributed by atoms with E-state index in [0.29, 0.717) is 11.3 Å². The van der Waals surface area contributed by atoms with Crippen LogP contribution in [0.1, 0.15) is 32.8 Å². The summed E-state index contributed by atoms with van der Waals surface area (Å²) in [5.74, 6) is 1.66. The molecule has 1 fully saturated rings. The molecule has 94 valence electrons. The minimum Gasteiger partial charge on any atom is -0.392 e. The molecule has 0 bridgehead atoms. The average Bonchev–Trinajstić information content (AvgIpc) is 2.77. The van der Waals surface area contributed by atoms with Crippen LogP contribution in [-0.2, 0) is 6.61 Å². The highest BCUT2D eigenvalue weighted by Crippen LogP contribution is 2.35. The molecule has 1 aromatic rings. The predicted molar refractivity (Wildman–Crippen MR) is 69.9 cm³/mol. The highest BCUT2D eigenvalue weighted by molar-refractivity contribution is 5.47. The first-order valence-corrected chi connectivity index (χ1v) is 6.32. The first kappa shape index (κ1) is 12.4. The Morgan fingerprint density at radius 3 is 2.82 bits per heavy atom. The first-order chi connectivity index (χ1) is 8.02. The summed E-state index contributed by atoms with van der Waals surface area (Å²) in [5.41, 5.74) is 1.28. The summed E-state index contributed by atoms with van der Waals surface area (Å²) >= 11 is 0. The van der Waals surface area contributed by atoms with Crippen LogP contribution in [0.2, 0.25) is 0 Å². The third-order valence-corrected chi connectivity index (χ3v) is 3.75. The maximum absolute atomic E-state index is 9.34. The Balaban J connectivity index is 2.15. The second kappa shape index (κ2) is 4.65. The van der Waals surface area contributed by atoms with Crippen molar-refractivity contribution >= 4 is 5.82 Å². The number of aliphatic hydroxyl groups excluding tert-OH is 1. The van der Waals surface area contributed by atoms with Crippen molar-refractivity contribution in [1.29, 1.82) is 0 Å². The van der Waals surface area contributed by atoms with Crippen LogP contribution in [0.3, 0.4) is 0 Å². The molecule has 0 aliphatic carbocycles. The number of aromatic nitrogens is 1. The first-order valence-electron chi connectivity index (χ1n) is 6.32. The zero-order valence-electron chi connectivity index (χ0n) is 11.0. The van der Waals surface area contributed by atoms with Crippen LogP contribution in [0.5, 0.6) is 0 Å². The number of pyridine rings is 1. The quantitative estimate of drug-likeness (QED) is 0.854. The van der Waals surface area contributed by atoms with E-state index in [0.717, 1.165) is 24.5 Å². The second-order valence-corrected chi connectivity index (χ2v) is 5.94. The largest absolute Gasteiger partial charge is 0.392 e. The predicted octanol–water partition coefficient (Wildman–Crippen LogP) is 2.45. The molecular formula is C14H22N2O. The van der Waals surface area contributed by atoms with E-state index >= 15 is 0 Å². The molecule has 2 rings (SSSR count). The molecule has 0 spiro atoms. The van der Waals surface area contributed by atoms with E-state index in [1.165, 1.54) is 6.42 Å². The van der Waals surface area contributed by atoms with Gasteiger partial charge in [-0.3, -0.25) is 0 Å². The lowest BCUT2D eigenvalue weighted by Crippen LogP contribution is -2.27. The molecule has 0 saturated carbocycles. The van der Waals surface area contributed by atoms with Gasteiger partial charge < -0.3 is 10.0 Å². The van der Waals surface area contributed by atoms with E-state index in [2.05, 4.69) is 30.7 Å². The van der Waals surface area contributed by atoms with Crippen molar-refractivity contribution in [3.05, 3.63) is 23.9 Å². The van der Waals surface area contributed by atoms with Gasteiger partial charge in [-0.2, -0.15) is 0 Å². The molecule has 3 nitrogen and oxygen atoms in total. The molecule has 2 heterocycles. The lowest BCUT2D eigenvalue weighted by atomic mass is 9.80. The van der Waals surface area contributed by atoms with Gasteiger partial charge in [0.05, 0.1) is 6.61 Å². The number of anilines is 1. The van der Waals surface area contributed by atoms with Gasteiger partial charge in [0.15, 0.2) is 0 Å². The zero-order chi connectivity index (χ0) is 12.5. The fourth-order valence-corrected chi connectivity index (χ4v) is 2.50. The summed E-state index contributed by atoms with van der Waals surface area (Å²) in [6, 6.07) is 3.83. The lowest BCUT2D eigenvalue weighted by molar-refractivity contribution is 0.263. The van der Waals surface area contributed by atoms with Gasteiger partial charge in [0.1, 0.15) is 5.82 Å². The van der Waals surface area contributed by atoms with Crippen molar-refractivity contribution in [2.45, 2.75) is 33.8 Å². The minimum atomic E-state index is 0.0693. The molecule has 17 heavy (non-hydrogen) atoms. The Bertz CT molecular complexity index is 384. The Labute approximate surface area is 103 Å². The minimum absolute atomic E-state index is 0.0693. The van der Waals surface area contributed by atoms with Crippen LogP contribution in [0.25, 0.3) is 0 Å². The number of hydrogen-bond donors (Lipinski definition) is 1. The monoisotopic (exact) mass is 234 g/mol. The summed E-state index contributed by atoms with van der Waals surface area (Å²) in [4.78, 5) is 6.72. The molecule has 1 saturated heterocycles. The summed E-state index contributed by atoms with van der Waals surface area (Å²) < 4.78 is 0. The molecule has 1 aliphatic rings. The van der Waals surface area contributed by atoms with Gasteiger partial charge in [0.2, 0.25) is 0 Å². The zero-order valence-corrected chi connectivity index (χ0v) is 11.0. The van der Waals surface area contributed by atoms with Crippen molar-refractivity contribution in [2.24, 2.45) is 11.3 Å². The van der Waals surface area contributed by atoms with E-state index in [9.17, 15) is 5.11 Å². The van der Waals surface area contributed by atoms with Crippen LogP contribution >= 0.6 is 0 Å². The van der Waals surface area contributed by atoms with Crippen LogP contribution < -0.4 is 4.90 Å². The molecule has 1 aliphatic heterocycles. The fraction of sp³-hybridized carbons (Fsp3) is 0.643. The maximum Gasteiger partial charge on any atom is 0.134 e. The number of aliphatic hydroxyl groups is 1. The van der Waals surface area contributed by atoms with Gasteiger partial charge in [0, 0.05) is 24.8 Å². The van der Waals surface area contributed by atoms with Crippen LogP contribution in [0.4, 0.5) is 5.82 Å². The van der Waals surface area contributed by atoms with Gasteiger partial charge in [0.25, 0.3) is 0 Å². The number of rotatable bonds is 2. The highest BCUT2D eigenvalue weighted by Gasteiger charge is 2.32. The van der Waals surface area contributed by atoms with Gasteiger partial charge in [-0.25, -0.2) is 4.98 Å². The molecule has 0 amide bonds.